The fourth-order valence-corrected chi connectivity index (χ4v) is 5.62. The number of aromatic carboxylic acids is 1. The Kier molecular flexibility index (Phi) is 6.56. The molecule has 0 saturated carbocycles. The molecule has 37 heavy (non-hydrogen) atoms. The summed E-state index contributed by atoms with van der Waals surface area (Å²) < 4.78 is 2.02. The van der Waals surface area contributed by atoms with E-state index in [0.29, 0.717) is 16.7 Å². The van der Waals surface area contributed by atoms with Gasteiger partial charge in [-0.1, -0.05) is 44.2 Å². The number of hydrogen-bond acceptors (Lipinski definition) is 3. The smallest absolute Gasteiger partial charge is 0.337 e. The van der Waals surface area contributed by atoms with Crippen molar-refractivity contribution in [3.05, 3.63) is 113 Å². The lowest BCUT2D eigenvalue weighted by Crippen LogP contribution is -2.29. The maximum absolute atomic E-state index is 12.0. The maximum Gasteiger partial charge on any atom is 0.337 e. The number of rotatable bonds is 6. The Morgan fingerprint density at radius 2 is 1.73 bits per heavy atom. The van der Waals surface area contributed by atoms with Gasteiger partial charge in [-0.3, -0.25) is 4.98 Å². The van der Waals surface area contributed by atoms with Gasteiger partial charge in [0.2, 0.25) is 0 Å². The average Bonchev–Trinajstić information content (AvgIpc) is 3.39. The number of carboxylic acid groups (broad SMARTS) is 1. The molecule has 0 bridgehead atoms. The summed E-state index contributed by atoms with van der Waals surface area (Å²) in [5.41, 5.74) is 7.05. The molecule has 3 heterocycles. The number of benzene rings is 2. The van der Waals surface area contributed by atoms with Crippen molar-refractivity contribution in [3.63, 3.8) is 0 Å². The second-order valence-corrected chi connectivity index (χ2v) is 10.1. The second-order valence-electron chi connectivity index (χ2n) is 9.73. The number of para-hydroxylation sites is 1. The fraction of sp³-hybridized carbons (Fsp3) is 0.233. The van der Waals surface area contributed by atoms with Crippen LogP contribution in [0.1, 0.15) is 70.4 Å². The lowest BCUT2D eigenvalue weighted by atomic mass is 9.96. The van der Waals surface area contributed by atoms with Crippen LogP contribution >= 0.6 is 12.2 Å². The zero-order chi connectivity index (χ0) is 26.3. The van der Waals surface area contributed by atoms with E-state index < -0.39 is 5.97 Å². The van der Waals surface area contributed by atoms with Gasteiger partial charge in [-0.05, 0) is 85.6 Å². The first-order valence-corrected chi connectivity index (χ1v) is 12.8. The summed E-state index contributed by atoms with van der Waals surface area (Å²) in [6.45, 7) is 8.41. The molecule has 1 aliphatic heterocycles. The average molecular weight is 511 g/mol. The van der Waals surface area contributed by atoms with Gasteiger partial charge in [0, 0.05) is 23.3 Å². The van der Waals surface area contributed by atoms with E-state index in [-0.39, 0.29) is 17.6 Å². The zero-order valence-electron chi connectivity index (χ0n) is 21.3. The molecule has 7 heteroatoms. The molecule has 2 aromatic heterocycles. The predicted molar refractivity (Wildman–Crippen MR) is 151 cm³/mol. The first-order chi connectivity index (χ1) is 17.8. The van der Waals surface area contributed by atoms with Crippen LogP contribution in [0.25, 0.3) is 5.69 Å². The van der Waals surface area contributed by atoms with Crippen molar-refractivity contribution in [1.82, 2.24) is 14.9 Å². The second kappa shape index (κ2) is 9.82. The number of carbonyl (C=O) groups is 1. The highest BCUT2D eigenvalue weighted by atomic mass is 32.1. The van der Waals surface area contributed by atoms with Crippen molar-refractivity contribution in [2.24, 2.45) is 0 Å². The summed E-state index contributed by atoms with van der Waals surface area (Å²) in [6, 6.07) is 23.3. The van der Waals surface area contributed by atoms with Crippen molar-refractivity contribution in [2.45, 2.75) is 45.7 Å². The molecule has 1 saturated heterocycles. The molecule has 0 amide bonds. The van der Waals surface area contributed by atoms with Crippen molar-refractivity contribution < 1.29 is 9.90 Å². The Bertz CT molecular complexity index is 1460. The Hall–Kier alpha value is -3.97. The standard InChI is InChI=1S/C30H30N4O2S/c1-18(2)21-12-14-22(15-13-21)34-28(27(32-30(34)37)25-10-7-8-16-31-25)24-17-19(3)33(20(24)4)26-11-6-5-9-23(26)29(35)36/h5-18,27-28H,1-4H3,(H,32,37)(H,35,36). The van der Waals surface area contributed by atoms with Crippen molar-refractivity contribution >= 4 is 29.0 Å². The normalized spacial score (nSPS) is 17.3. The van der Waals surface area contributed by atoms with Gasteiger partial charge in [0.15, 0.2) is 5.11 Å². The van der Waals surface area contributed by atoms with E-state index >= 15 is 0 Å². The number of nitrogens with one attached hydrogen (secondary N) is 1. The van der Waals surface area contributed by atoms with E-state index in [2.05, 4.69) is 59.4 Å². The third kappa shape index (κ3) is 4.40. The minimum atomic E-state index is -0.952. The number of aromatic nitrogens is 2. The van der Waals surface area contributed by atoms with Crippen LogP contribution in [0.4, 0.5) is 5.69 Å². The molecule has 5 rings (SSSR count). The summed E-state index contributed by atoms with van der Waals surface area (Å²) in [4.78, 5) is 18.8. The number of carboxylic acids is 1. The number of hydrogen-bond donors (Lipinski definition) is 2. The Morgan fingerprint density at radius 1 is 1.03 bits per heavy atom. The molecular formula is C30H30N4O2S. The number of aryl methyl sites for hydroxylation is 1. The van der Waals surface area contributed by atoms with Crippen molar-refractivity contribution in [1.29, 1.82) is 0 Å². The first-order valence-electron chi connectivity index (χ1n) is 12.4. The van der Waals surface area contributed by atoms with E-state index in [1.807, 2.05) is 48.7 Å². The summed E-state index contributed by atoms with van der Waals surface area (Å²) in [5.74, 6) is -0.519. The number of thiocarbonyl (C=S) groups is 1. The molecule has 4 aromatic rings. The molecule has 2 atom stereocenters. The van der Waals surface area contributed by atoms with E-state index in [1.165, 1.54) is 5.56 Å². The molecule has 0 spiro atoms. The van der Waals surface area contributed by atoms with Crippen LogP contribution in [-0.4, -0.2) is 25.7 Å². The molecule has 2 aromatic carbocycles. The largest absolute Gasteiger partial charge is 0.478 e. The quantitative estimate of drug-likeness (QED) is 0.289. The molecule has 6 nitrogen and oxygen atoms in total. The van der Waals surface area contributed by atoms with E-state index in [4.69, 9.17) is 12.2 Å². The summed E-state index contributed by atoms with van der Waals surface area (Å²) in [7, 11) is 0. The van der Waals surface area contributed by atoms with Crippen LogP contribution in [0.3, 0.4) is 0 Å². The van der Waals surface area contributed by atoms with E-state index in [1.54, 1.807) is 18.3 Å². The molecule has 0 aliphatic carbocycles. The minimum Gasteiger partial charge on any atom is -0.478 e. The summed E-state index contributed by atoms with van der Waals surface area (Å²) >= 11 is 5.89. The molecule has 188 valence electrons. The lowest BCUT2D eigenvalue weighted by Gasteiger charge is -2.28. The number of pyridine rings is 1. The predicted octanol–water partition coefficient (Wildman–Crippen LogP) is 6.49. The van der Waals surface area contributed by atoms with Gasteiger partial charge in [-0.25, -0.2) is 4.79 Å². The van der Waals surface area contributed by atoms with Gasteiger partial charge < -0.3 is 19.9 Å². The first kappa shape index (κ1) is 24.7. The maximum atomic E-state index is 12.0. The fourth-order valence-electron chi connectivity index (χ4n) is 5.28. The molecule has 0 radical (unpaired) electrons. The van der Waals surface area contributed by atoms with Crippen LogP contribution in [-0.2, 0) is 0 Å². The third-order valence-corrected chi connectivity index (χ3v) is 7.41. The Balaban J connectivity index is 1.68. The summed E-state index contributed by atoms with van der Waals surface area (Å²) in [5, 5.41) is 14.0. The molecule has 1 fully saturated rings. The molecule has 1 aliphatic rings. The van der Waals surface area contributed by atoms with Gasteiger partial charge >= 0.3 is 5.97 Å². The van der Waals surface area contributed by atoms with E-state index in [0.717, 1.165) is 28.3 Å². The van der Waals surface area contributed by atoms with Gasteiger partial charge in [-0.15, -0.1) is 0 Å². The highest BCUT2D eigenvalue weighted by Gasteiger charge is 2.42. The highest BCUT2D eigenvalue weighted by molar-refractivity contribution is 7.80. The van der Waals surface area contributed by atoms with Crippen LogP contribution in [0.15, 0.2) is 79.0 Å². The Morgan fingerprint density at radius 3 is 2.38 bits per heavy atom. The SMILES string of the molecule is Cc1cc(C2C(c3ccccn3)NC(=S)N2c2ccc(C(C)C)cc2)c(C)n1-c1ccccc1C(=O)O. The molecule has 2 unspecified atom stereocenters. The Labute approximate surface area is 222 Å². The van der Waals surface area contributed by atoms with Crippen molar-refractivity contribution in [3.8, 4) is 5.69 Å². The molecular weight excluding hydrogens is 480 g/mol. The van der Waals surface area contributed by atoms with Crippen molar-refractivity contribution in [2.75, 3.05) is 4.90 Å². The van der Waals surface area contributed by atoms with Gasteiger partial charge in [0.05, 0.1) is 29.0 Å². The van der Waals surface area contributed by atoms with Crippen LogP contribution in [0.2, 0.25) is 0 Å². The van der Waals surface area contributed by atoms with Gasteiger partial charge in [-0.2, -0.15) is 0 Å². The van der Waals surface area contributed by atoms with Crippen LogP contribution in [0, 0.1) is 13.8 Å². The number of anilines is 1. The number of nitrogens with zero attached hydrogens (tertiary/aromatic N) is 3. The van der Waals surface area contributed by atoms with Crippen LogP contribution < -0.4 is 10.2 Å². The van der Waals surface area contributed by atoms with E-state index in [9.17, 15) is 9.90 Å². The lowest BCUT2D eigenvalue weighted by molar-refractivity contribution is 0.0697. The highest BCUT2D eigenvalue weighted by Crippen LogP contribution is 2.44. The minimum absolute atomic E-state index is 0.177. The van der Waals surface area contributed by atoms with Crippen LogP contribution in [0.5, 0.6) is 0 Å². The third-order valence-electron chi connectivity index (χ3n) is 7.10. The monoisotopic (exact) mass is 510 g/mol. The van der Waals surface area contributed by atoms with Gasteiger partial charge in [0.1, 0.15) is 0 Å². The topological polar surface area (TPSA) is 70.4 Å². The van der Waals surface area contributed by atoms with Gasteiger partial charge in [0.25, 0.3) is 0 Å². The summed E-state index contributed by atoms with van der Waals surface area (Å²) in [6.07, 6.45) is 1.80. The zero-order valence-corrected chi connectivity index (χ0v) is 22.2. The molecule has 2 N–H and O–H groups in total.